The monoisotopic (exact) mass is 311 g/mol. The molecular weight excluding hydrogens is 289 g/mol. The second-order valence-corrected chi connectivity index (χ2v) is 6.53. The van der Waals surface area contributed by atoms with Gasteiger partial charge >= 0.3 is 0 Å². The summed E-state index contributed by atoms with van der Waals surface area (Å²) < 4.78 is 14.0. The standard InChI is InChI=1S/C15H22FN3OS/c1-21-13-4-2-3-12(8-13)18-9-11-6-5-10(7-14(11)16)15(17)19-20/h5-7,12-13,18,20H,2-4,8-9H2,1H3,(H2,17,19). The van der Waals surface area contributed by atoms with Gasteiger partial charge in [-0.05, 0) is 31.6 Å². The fourth-order valence-corrected chi connectivity index (χ4v) is 3.53. The van der Waals surface area contributed by atoms with E-state index in [2.05, 4.69) is 16.7 Å². The quantitative estimate of drug-likeness (QED) is 0.338. The Hall–Kier alpha value is -1.27. The van der Waals surface area contributed by atoms with Gasteiger partial charge in [0.15, 0.2) is 5.84 Å². The highest BCUT2D eigenvalue weighted by molar-refractivity contribution is 7.99. The first-order chi connectivity index (χ1) is 10.1. The van der Waals surface area contributed by atoms with Gasteiger partial charge in [0.05, 0.1) is 0 Å². The summed E-state index contributed by atoms with van der Waals surface area (Å²) in [5.41, 5.74) is 6.45. The Morgan fingerprint density at radius 3 is 3.00 bits per heavy atom. The molecule has 6 heteroatoms. The van der Waals surface area contributed by atoms with E-state index in [1.54, 1.807) is 12.1 Å². The number of nitrogens with one attached hydrogen (secondary N) is 1. The lowest BCUT2D eigenvalue weighted by Gasteiger charge is -2.28. The Bertz CT molecular complexity index is 510. The summed E-state index contributed by atoms with van der Waals surface area (Å²) in [7, 11) is 0. The van der Waals surface area contributed by atoms with Crippen LogP contribution in [0.25, 0.3) is 0 Å². The van der Waals surface area contributed by atoms with E-state index in [1.807, 2.05) is 11.8 Å². The largest absolute Gasteiger partial charge is 0.409 e. The van der Waals surface area contributed by atoms with Crippen LogP contribution in [-0.2, 0) is 6.54 Å². The maximum Gasteiger partial charge on any atom is 0.170 e. The summed E-state index contributed by atoms with van der Waals surface area (Å²) >= 11 is 1.92. The van der Waals surface area contributed by atoms with Crippen LogP contribution < -0.4 is 11.1 Å². The lowest BCUT2D eigenvalue weighted by atomic mass is 9.94. The number of rotatable bonds is 5. The first kappa shape index (κ1) is 16.1. The molecule has 2 atom stereocenters. The van der Waals surface area contributed by atoms with Crippen molar-refractivity contribution >= 4 is 17.6 Å². The predicted octanol–water partition coefficient (Wildman–Crippen LogP) is 2.68. The van der Waals surface area contributed by atoms with Crippen molar-refractivity contribution in [3.05, 3.63) is 35.1 Å². The highest BCUT2D eigenvalue weighted by Gasteiger charge is 2.21. The van der Waals surface area contributed by atoms with Crippen LogP contribution in [-0.4, -0.2) is 28.6 Å². The van der Waals surface area contributed by atoms with Crippen LogP contribution in [0.5, 0.6) is 0 Å². The Kier molecular flexibility index (Phi) is 5.87. The zero-order chi connectivity index (χ0) is 15.2. The zero-order valence-corrected chi connectivity index (χ0v) is 13.0. The number of hydrogen-bond donors (Lipinski definition) is 3. The normalized spacial score (nSPS) is 23.2. The summed E-state index contributed by atoms with van der Waals surface area (Å²) in [5.74, 6) is -0.410. The van der Waals surface area contributed by atoms with Crippen molar-refractivity contribution < 1.29 is 9.60 Å². The molecule has 1 aromatic carbocycles. The van der Waals surface area contributed by atoms with Crippen LogP contribution in [0.3, 0.4) is 0 Å². The SMILES string of the molecule is CSC1CCCC(NCc2ccc(/C(N)=N/O)cc2F)C1. The summed E-state index contributed by atoms with van der Waals surface area (Å²) in [4.78, 5) is 0. The van der Waals surface area contributed by atoms with Crippen molar-refractivity contribution in [3.63, 3.8) is 0 Å². The van der Waals surface area contributed by atoms with E-state index in [9.17, 15) is 4.39 Å². The van der Waals surface area contributed by atoms with Crippen LogP contribution in [0.2, 0.25) is 0 Å². The minimum atomic E-state index is -0.330. The van der Waals surface area contributed by atoms with Gasteiger partial charge in [-0.25, -0.2) is 4.39 Å². The molecule has 4 nitrogen and oxygen atoms in total. The average Bonchev–Trinajstić information content (AvgIpc) is 2.53. The van der Waals surface area contributed by atoms with Crippen LogP contribution in [0.4, 0.5) is 4.39 Å². The van der Waals surface area contributed by atoms with Crippen molar-refractivity contribution in [2.75, 3.05) is 6.26 Å². The summed E-state index contributed by atoms with van der Waals surface area (Å²) in [6.45, 7) is 0.508. The fraction of sp³-hybridized carbons (Fsp3) is 0.533. The Morgan fingerprint density at radius 2 is 2.33 bits per heavy atom. The number of oxime groups is 1. The number of amidine groups is 1. The van der Waals surface area contributed by atoms with Crippen molar-refractivity contribution in [1.29, 1.82) is 0 Å². The maximum atomic E-state index is 14.0. The van der Waals surface area contributed by atoms with E-state index >= 15 is 0 Å². The van der Waals surface area contributed by atoms with E-state index in [1.165, 1.54) is 18.9 Å². The molecule has 1 aliphatic rings. The van der Waals surface area contributed by atoms with Gasteiger partial charge in [0.1, 0.15) is 5.82 Å². The Labute approximate surface area is 129 Å². The Balaban J connectivity index is 1.94. The summed E-state index contributed by atoms with van der Waals surface area (Å²) in [6.07, 6.45) is 6.96. The molecule has 116 valence electrons. The molecular formula is C15H22FN3OS. The van der Waals surface area contributed by atoms with Crippen molar-refractivity contribution in [2.24, 2.45) is 10.9 Å². The minimum absolute atomic E-state index is 0.0801. The second-order valence-electron chi connectivity index (χ2n) is 5.39. The van der Waals surface area contributed by atoms with Crippen LogP contribution >= 0.6 is 11.8 Å². The average molecular weight is 311 g/mol. The zero-order valence-electron chi connectivity index (χ0n) is 12.2. The van der Waals surface area contributed by atoms with Crippen molar-refractivity contribution in [1.82, 2.24) is 5.32 Å². The highest BCUT2D eigenvalue weighted by Crippen LogP contribution is 2.27. The molecule has 1 fully saturated rings. The molecule has 0 radical (unpaired) electrons. The molecule has 4 N–H and O–H groups in total. The van der Waals surface area contributed by atoms with Gasteiger partial charge in [-0.2, -0.15) is 11.8 Å². The molecule has 0 spiro atoms. The number of nitrogens with two attached hydrogens (primary N) is 1. The van der Waals surface area contributed by atoms with Crippen molar-refractivity contribution in [2.45, 2.75) is 43.5 Å². The van der Waals surface area contributed by atoms with Crippen LogP contribution in [0.15, 0.2) is 23.4 Å². The number of halogens is 1. The van der Waals surface area contributed by atoms with E-state index in [4.69, 9.17) is 10.9 Å². The van der Waals surface area contributed by atoms with Crippen LogP contribution in [0.1, 0.15) is 36.8 Å². The third kappa shape index (κ3) is 4.35. The van der Waals surface area contributed by atoms with Gasteiger partial charge in [-0.1, -0.05) is 23.7 Å². The molecule has 1 aromatic rings. The molecule has 21 heavy (non-hydrogen) atoms. The molecule has 0 bridgehead atoms. The summed E-state index contributed by atoms with van der Waals surface area (Å²) in [5, 5.41) is 15.6. The van der Waals surface area contributed by atoms with Gasteiger partial charge < -0.3 is 16.3 Å². The smallest absolute Gasteiger partial charge is 0.170 e. The third-order valence-electron chi connectivity index (χ3n) is 4.00. The number of hydrogen-bond acceptors (Lipinski definition) is 4. The van der Waals surface area contributed by atoms with Gasteiger partial charge in [-0.15, -0.1) is 0 Å². The van der Waals surface area contributed by atoms with Gasteiger partial charge in [0.25, 0.3) is 0 Å². The lowest BCUT2D eigenvalue weighted by molar-refractivity contribution is 0.318. The maximum absolute atomic E-state index is 14.0. The van der Waals surface area contributed by atoms with Gasteiger partial charge in [0, 0.05) is 29.0 Å². The van der Waals surface area contributed by atoms with Gasteiger partial charge in [0.2, 0.25) is 0 Å². The molecule has 0 saturated heterocycles. The first-order valence-corrected chi connectivity index (χ1v) is 8.45. The highest BCUT2D eigenvalue weighted by atomic mass is 32.2. The van der Waals surface area contributed by atoms with E-state index < -0.39 is 0 Å². The fourth-order valence-electron chi connectivity index (χ4n) is 2.71. The minimum Gasteiger partial charge on any atom is -0.409 e. The predicted molar refractivity (Wildman–Crippen MR) is 85.3 cm³/mol. The molecule has 2 unspecified atom stereocenters. The van der Waals surface area contributed by atoms with E-state index in [-0.39, 0.29) is 11.7 Å². The first-order valence-electron chi connectivity index (χ1n) is 7.16. The number of benzene rings is 1. The number of nitrogens with zero attached hydrogens (tertiary/aromatic N) is 1. The lowest BCUT2D eigenvalue weighted by Crippen LogP contribution is -2.34. The Morgan fingerprint density at radius 1 is 1.52 bits per heavy atom. The molecule has 0 heterocycles. The van der Waals surface area contributed by atoms with E-state index in [0.29, 0.717) is 29.0 Å². The summed E-state index contributed by atoms with van der Waals surface area (Å²) in [6, 6.07) is 5.11. The van der Waals surface area contributed by atoms with Crippen molar-refractivity contribution in [3.8, 4) is 0 Å². The number of thioether (sulfide) groups is 1. The third-order valence-corrected chi connectivity index (χ3v) is 5.09. The molecule has 1 aliphatic carbocycles. The van der Waals surface area contributed by atoms with Crippen LogP contribution in [0, 0.1) is 5.82 Å². The molecule has 0 amide bonds. The second kappa shape index (κ2) is 7.66. The molecule has 2 rings (SSSR count). The topological polar surface area (TPSA) is 70.6 Å². The molecule has 0 aromatic heterocycles. The molecule has 0 aliphatic heterocycles. The van der Waals surface area contributed by atoms with E-state index in [0.717, 1.165) is 12.8 Å². The molecule has 1 saturated carbocycles. The van der Waals surface area contributed by atoms with Gasteiger partial charge in [-0.3, -0.25) is 0 Å².